The van der Waals surface area contributed by atoms with Gasteiger partial charge in [-0.05, 0) is 116 Å². The fraction of sp³-hybridized carbons (Fsp3) is 0.709. The van der Waals surface area contributed by atoms with Crippen LogP contribution in [0.5, 0.6) is 0 Å². The van der Waals surface area contributed by atoms with E-state index >= 15 is 0 Å². The summed E-state index contributed by atoms with van der Waals surface area (Å²) < 4.78 is 23.0. The Bertz CT molecular complexity index is 2030. The molecular weight excluding hydrogens is 1170 g/mol. The third-order valence-electron chi connectivity index (χ3n) is 16.9. The number of unbranched alkanes of at least 4 members (excludes halogenated alkanes) is 35. The molecule has 0 fully saturated rings. The maximum atomic E-state index is 13.0. The second-order valence-corrected chi connectivity index (χ2v) is 27.3. The minimum absolute atomic E-state index is 0.182. The summed E-state index contributed by atoms with van der Waals surface area (Å²) in [5.41, 5.74) is 0. The minimum Gasteiger partial charge on any atom is -0.477 e. The molecule has 0 saturated carbocycles. The van der Waals surface area contributed by atoms with Crippen LogP contribution in [0.1, 0.15) is 335 Å². The molecule has 0 radical (unpaired) electrons. The van der Waals surface area contributed by atoms with E-state index in [2.05, 4.69) is 148 Å². The number of carbonyl (C=O) groups is 3. The number of likely N-dealkylation sites (N-methyl/N-ethyl adjacent to an activating group) is 1. The first-order chi connectivity index (χ1) is 46.6. The SMILES string of the molecule is CC/C=C\C/C=C\C/C=C\C/C=C\C/C=C\C/C=C\C/C=C\C/C=C\C/C=C\CCCCCCCCCCCC(=O)OC(COC(=O)CCCCCCCCCCCCCCCCCCCCCCC/C=C\C/C=C\CCCCCCC)COC(OCC[N+](C)(C)C)C(=O)O. The van der Waals surface area contributed by atoms with Gasteiger partial charge in [-0.15, -0.1) is 0 Å². The summed E-state index contributed by atoms with van der Waals surface area (Å²) in [6.45, 7) is 4.77. The van der Waals surface area contributed by atoms with Crippen molar-refractivity contribution in [3.05, 3.63) is 134 Å². The summed E-state index contributed by atoms with van der Waals surface area (Å²) in [4.78, 5) is 37.7. The average Bonchev–Trinajstić information content (AvgIpc) is 3.75. The van der Waals surface area contributed by atoms with Gasteiger partial charge in [-0.25, -0.2) is 4.79 Å². The van der Waals surface area contributed by atoms with E-state index in [1.54, 1.807) is 0 Å². The maximum Gasteiger partial charge on any atom is 0.361 e. The number of hydrogen-bond acceptors (Lipinski definition) is 7. The third-order valence-corrected chi connectivity index (χ3v) is 16.9. The van der Waals surface area contributed by atoms with Crippen molar-refractivity contribution in [3.63, 3.8) is 0 Å². The summed E-state index contributed by atoms with van der Waals surface area (Å²) in [6, 6.07) is 0. The Hall–Kier alpha value is -4.57. The van der Waals surface area contributed by atoms with Crippen molar-refractivity contribution in [2.45, 2.75) is 347 Å². The van der Waals surface area contributed by atoms with Crippen molar-refractivity contribution in [3.8, 4) is 0 Å². The first-order valence-electron chi connectivity index (χ1n) is 39.3. The van der Waals surface area contributed by atoms with E-state index in [4.69, 9.17) is 18.9 Å². The van der Waals surface area contributed by atoms with Gasteiger partial charge in [-0.1, -0.05) is 340 Å². The number of ether oxygens (including phenoxy) is 4. The number of quaternary nitrogens is 1. The van der Waals surface area contributed by atoms with Gasteiger partial charge in [-0.3, -0.25) is 9.59 Å². The molecule has 0 rings (SSSR count). The number of carbonyl (C=O) groups excluding carboxylic acids is 2. The molecule has 95 heavy (non-hydrogen) atoms. The Kier molecular flexibility index (Phi) is 71.6. The Balaban J connectivity index is 4.09. The largest absolute Gasteiger partial charge is 0.477 e. The number of carboxylic acids is 1. The average molecular weight is 1320 g/mol. The first kappa shape index (κ1) is 90.4. The van der Waals surface area contributed by atoms with Gasteiger partial charge in [0.1, 0.15) is 13.2 Å². The van der Waals surface area contributed by atoms with Crippen LogP contribution in [0.3, 0.4) is 0 Å². The van der Waals surface area contributed by atoms with Crippen LogP contribution in [0.2, 0.25) is 0 Å². The van der Waals surface area contributed by atoms with Crippen LogP contribution in [0, 0.1) is 0 Å². The fourth-order valence-corrected chi connectivity index (χ4v) is 10.9. The number of hydrogen-bond donors (Lipinski definition) is 1. The number of allylic oxidation sites excluding steroid dienone is 22. The summed E-state index contributed by atoms with van der Waals surface area (Å²) >= 11 is 0. The van der Waals surface area contributed by atoms with Crippen molar-refractivity contribution in [2.24, 2.45) is 0 Å². The Morgan fingerprint density at radius 1 is 0.326 bits per heavy atom. The lowest BCUT2D eigenvalue weighted by atomic mass is 10.0. The molecule has 0 aromatic heterocycles. The molecule has 0 aromatic rings. The maximum absolute atomic E-state index is 13.0. The lowest BCUT2D eigenvalue weighted by Gasteiger charge is -2.25. The van der Waals surface area contributed by atoms with Gasteiger partial charge in [0.15, 0.2) is 6.10 Å². The number of aliphatic carboxylic acids is 1. The molecule has 9 nitrogen and oxygen atoms in total. The van der Waals surface area contributed by atoms with E-state index in [1.165, 1.54) is 193 Å². The second-order valence-electron chi connectivity index (χ2n) is 27.3. The van der Waals surface area contributed by atoms with Crippen LogP contribution < -0.4 is 0 Å². The monoisotopic (exact) mass is 1320 g/mol. The van der Waals surface area contributed by atoms with E-state index in [0.717, 1.165) is 109 Å². The minimum atomic E-state index is -1.52. The smallest absolute Gasteiger partial charge is 0.361 e. The summed E-state index contributed by atoms with van der Waals surface area (Å²) in [7, 11) is 5.98. The van der Waals surface area contributed by atoms with Crippen LogP contribution in [0.15, 0.2) is 134 Å². The van der Waals surface area contributed by atoms with Crippen molar-refractivity contribution in [1.82, 2.24) is 0 Å². The molecule has 0 bridgehead atoms. The van der Waals surface area contributed by atoms with Gasteiger partial charge < -0.3 is 28.5 Å². The molecule has 0 aliphatic rings. The molecule has 2 atom stereocenters. The van der Waals surface area contributed by atoms with E-state index < -0.39 is 24.3 Å². The Morgan fingerprint density at radius 2 is 0.600 bits per heavy atom. The zero-order valence-electron chi connectivity index (χ0n) is 62.3. The van der Waals surface area contributed by atoms with Crippen LogP contribution in [-0.4, -0.2) is 87.4 Å². The van der Waals surface area contributed by atoms with Gasteiger partial charge in [0.05, 0.1) is 34.4 Å². The molecular formula is C86H148NO8+. The van der Waals surface area contributed by atoms with E-state index in [-0.39, 0.29) is 32.2 Å². The van der Waals surface area contributed by atoms with Crippen molar-refractivity contribution in [2.75, 3.05) is 47.5 Å². The lowest BCUT2D eigenvalue weighted by Crippen LogP contribution is -2.40. The topological polar surface area (TPSA) is 108 Å². The molecule has 9 heteroatoms. The number of esters is 2. The molecule has 0 saturated heterocycles. The Morgan fingerprint density at radius 3 is 0.895 bits per heavy atom. The fourth-order valence-electron chi connectivity index (χ4n) is 10.9. The molecule has 0 amide bonds. The number of rotatable bonds is 72. The van der Waals surface area contributed by atoms with Gasteiger partial charge >= 0.3 is 17.9 Å². The van der Waals surface area contributed by atoms with Gasteiger partial charge in [-0.2, -0.15) is 0 Å². The van der Waals surface area contributed by atoms with E-state index in [1.807, 2.05) is 21.1 Å². The predicted molar refractivity (Wildman–Crippen MR) is 410 cm³/mol. The molecule has 544 valence electrons. The molecule has 1 N–H and O–H groups in total. The van der Waals surface area contributed by atoms with Gasteiger partial charge in [0, 0.05) is 12.8 Å². The summed E-state index contributed by atoms with van der Waals surface area (Å²) in [6.07, 6.45) is 106. The Labute approximate surface area is 586 Å². The molecule has 0 heterocycles. The first-order valence-corrected chi connectivity index (χ1v) is 39.3. The zero-order chi connectivity index (χ0) is 69.0. The third kappa shape index (κ3) is 76.7. The second kappa shape index (κ2) is 75.2. The molecule has 2 unspecified atom stereocenters. The molecule has 0 aliphatic heterocycles. The number of carboxylic acid groups (broad SMARTS) is 1. The summed E-state index contributed by atoms with van der Waals surface area (Å²) in [5, 5.41) is 9.77. The van der Waals surface area contributed by atoms with Crippen LogP contribution in [0.25, 0.3) is 0 Å². The quantitative estimate of drug-likeness (QED) is 0.0211. The van der Waals surface area contributed by atoms with Crippen LogP contribution in [0.4, 0.5) is 0 Å². The van der Waals surface area contributed by atoms with E-state index in [9.17, 15) is 19.5 Å². The highest BCUT2D eigenvalue weighted by Crippen LogP contribution is 2.18. The van der Waals surface area contributed by atoms with Gasteiger partial charge in [0.2, 0.25) is 0 Å². The van der Waals surface area contributed by atoms with Gasteiger partial charge in [0.25, 0.3) is 6.29 Å². The highest BCUT2D eigenvalue weighted by atomic mass is 16.7. The molecule has 0 aromatic carbocycles. The van der Waals surface area contributed by atoms with Crippen molar-refractivity contribution < 1.29 is 42.9 Å². The van der Waals surface area contributed by atoms with Crippen molar-refractivity contribution in [1.29, 1.82) is 0 Å². The predicted octanol–water partition coefficient (Wildman–Crippen LogP) is 25.3. The standard InChI is InChI=1S/C86H147NO8/c1-6-8-10-12-14-16-18-20-22-24-26-28-30-32-34-36-38-40-41-42-43-45-47-49-51-53-55-57-59-61-63-65-67-69-71-73-75-77-84(89)95-82(81-94-86(85(90)91)92-79-78-87(3,4)5)80-93-83(88)76-74-72-70-68-66-64-62-60-58-56-54-52-50-48-46-44-39-37-35-33-31-29-27-25-23-21-19-17-15-13-11-9-7-2/h8,10,14,16,19-22,25-28,32,34,38,40,42-43,47,49,53,55,82,86H,6-7,9,11-13,15,17-18,23-24,29-31,33,35-37,39,41,44-46,48,50-52,54,56-81H2,1-5H3/p+1/b10-8-,16-14-,21-19-,22-20-,27-25-,28-26-,34-32-,40-38-,43-42-,49-47-,55-53-. The normalized spacial score (nSPS) is 13.4. The zero-order valence-corrected chi connectivity index (χ0v) is 62.3. The lowest BCUT2D eigenvalue weighted by molar-refractivity contribution is -0.870. The highest BCUT2D eigenvalue weighted by Gasteiger charge is 2.25. The van der Waals surface area contributed by atoms with Crippen LogP contribution in [-0.2, 0) is 33.3 Å². The van der Waals surface area contributed by atoms with E-state index in [0.29, 0.717) is 23.9 Å². The van der Waals surface area contributed by atoms with Crippen molar-refractivity contribution >= 4 is 17.9 Å². The molecule has 0 aliphatic carbocycles. The van der Waals surface area contributed by atoms with Crippen LogP contribution >= 0.6 is 0 Å². The summed E-state index contributed by atoms with van der Waals surface area (Å²) in [5.74, 6) is -2.01. The molecule has 0 spiro atoms. The highest BCUT2D eigenvalue weighted by molar-refractivity contribution is 5.71. The number of nitrogens with zero attached hydrogens (tertiary/aromatic N) is 1.